The van der Waals surface area contributed by atoms with Crippen LogP contribution in [0.15, 0.2) is 30.5 Å². The molecule has 0 amide bonds. The first-order valence-electron chi connectivity index (χ1n) is 5.65. The van der Waals surface area contributed by atoms with Crippen molar-refractivity contribution in [3.63, 3.8) is 0 Å². The zero-order valence-electron chi connectivity index (χ0n) is 10.2. The Kier molecular flexibility index (Phi) is 3.68. The molecule has 5 heteroatoms. The first-order valence-corrected chi connectivity index (χ1v) is 6.43. The normalized spacial score (nSPS) is 10.9. The summed E-state index contributed by atoms with van der Waals surface area (Å²) in [5, 5.41) is 5.05. The van der Waals surface area contributed by atoms with Crippen molar-refractivity contribution in [1.82, 2.24) is 9.78 Å². The average Bonchev–Trinajstić information content (AvgIpc) is 2.77. The van der Waals surface area contributed by atoms with Crippen molar-refractivity contribution in [1.29, 1.82) is 0 Å². The Morgan fingerprint density at radius 2 is 2.11 bits per heavy atom. The predicted molar refractivity (Wildman–Crippen MR) is 78.6 cm³/mol. The van der Waals surface area contributed by atoms with Crippen LogP contribution in [0.4, 0.5) is 0 Å². The molecule has 3 nitrogen and oxygen atoms in total. The van der Waals surface area contributed by atoms with Gasteiger partial charge in [-0.2, -0.15) is 5.10 Å². The molecule has 0 bridgehead atoms. The van der Waals surface area contributed by atoms with Gasteiger partial charge < -0.3 is 5.73 Å². The van der Waals surface area contributed by atoms with Crippen LogP contribution >= 0.6 is 23.8 Å². The maximum absolute atomic E-state index is 6.14. The molecule has 0 saturated carbocycles. The maximum Gasteiger partial charge on any atom is 0.107 e. The van der Waals surface area contributed by atoms with Gasteiger partial charge in [0.05, 0.1) is 22.0 Å². The first-order chi connectivity index (χ1) is 8.50. The van der Waals surface area contributed by atoms with Crippen molar-refractivity contribution in [3.8, 4) is 5.69 Å². The second-order valence-corrected chi connectivity index (χ2v) is 5.19. The molecule has 94 valence electrons. The van der Waals surface area contributed by atoms with Gasteiger partial charge >= 0.3 is 0 Å². The molecular weight excluding hydrogens is 266 g/mol. The Labute approximate surface area is 117 Å². The van der Waals surface area contributed by atoms with Crippen molar-refractivity contribution in [2.45, 2.75) is 19.8 Å². The Hall–Kier alpha value is -1.39. The van der Waals surface area contributed by atoms with Crippen LogP contribution in [0, 0.1) is 0 Å². The third-order valence-corrected chi connectivity index (χ3v) is 3.21. The molecule has 0 spiro atoms. The SMILES string of the molecule is CC(C)c1ccn(-c2cccc(Cl)c2C(N)=S)n1. The third kappa shape index (κ3) is 2.40. The van der Waals surface area contributed by atoms with E-state index in [1.807, 2.05) is 24.4 Å². The lowest BCUT2D eigenvalue weighted by atomic mass is 10.1. The van der Waals surface area contributed by atoms with Gasteiger partial charge in [0.25, 0.3) is 0 Å². The molecule has 0 unspecified atom stereocenters. The summed E-state index contributed by atoms with van der Waals surface area (Å²) in [7, 11) is 0. The van der Waals surface area contributed by atoms with Gasteiger partial charge in [-0.1, -0.05) is 43.7 Å². The molecule has 0 radical (unpaired) electrons. The lowest BCUT2D eigenvalue weighted by Crippen LogP contribution is -2.14. The minimum Gasteiger partial charge on any atom is -0.389 e. The summed E-state index contributed by atoms with van der Waals surface area (Å²) in [5.74, 6) is 0.374. The molecule has 2 aromatic rings. The van der Waals surface area contributed by atoms with Crippen molar-refractivity contribution >= 4 is 28.8 Å². The van der Waals surface area contributed by atoms with Crippen LogP contribution in [0.3, 0.4) is 0 Å². The van der Waals surface area contributed by atoms with Crippen LogP contribution in [0.1, 0.15) is 31.0 Å². The number of thiocarbonyl (C=S) groups is 1. The fourth-order valence-electron chi connectivity index (χ4n) is 1.73. The fraction of sp³-hybridized carbons (Fsp3) is 0.231. The first kappa shape index (κ1) is 13.1. The Balaban J connectivity index is 2.56. The molecular formula is C13H14ClN3S. The molecule has 0 saturated heterocycles. The van der Waals surface area contributed by atoms with Crippen molar-refractivity contribution < 1.29 is 0 Å². The van der Waals surface area contributed by atoms with Gasteiger partial charge in [0.1, 0.15) is 4.99 Å². The highest BCUT2D eigenvalue weighted by Crippen LogP contribution is 2.23. The van der Waals surface area contributed by atoms with E-state index in [0.717, 1.165) is 11.4 Å². The largest absolute Gasteiger partial charge is 0.389 e. The van der Waals surface area contributed by atoms with Gasteiger partial charge in [-0.15, -0.1) is 0 Å². The number of halogens is 1. The Morgan fingerprint density at radius 3 is 2.67 bits per heavy atom. The number of nitrogens with two attached hydrogens (primary N) is 1. The number of hydrogen-bond acceptors (Lipinski definition) is 2. The molecule has 1 aromatic carbocycles. The second kappa shape index (κ2) is 5.08. The summed E-state index contributed by atoms with van der Waals surface area (Å²) in [4.78, 5) is 0.275. The van der Waals surface area contributed by atoms with E-state index in [4.69, 9.17) is 29.6 Å². The summed E-state index contributed by atoms with van der Waals surface area (Å²) < 4.78 is 1.76. The summed E-state index contributed by atoms with van der Waals surface area (Å²) in [5.41, 5.74) is 8.21. The minimum atomic E-state index is 0.275. The van der Waals surface area contributed by atoms with E-state index in [2.05, 4.69) is 18.9 Å². The molecule has 2 N–H and O–H groups in total. The smallest absolute Gasteiger partial charge is 0.107 e. The number of benzene rings is 1. The van der Waals surface area contributed by atoms with Gasteiger partial charge in [-0.25, -0.2) is 4.68 Å². The van der Waals surface area contributed by atoms with E-state index in [1.165, 1.54) is 0 Å². The van der Waals surface area contributed by atoms with Crippen LogP contribution in [-0.2, 0) is 0 Å². The van der Waals surface area contributed by atoms with Crippen molar-refractivity contribution in [3.05, 3.63) is 46.7 Å². The molecule has 1 aromatic heterocycles. The summed E-state index contributed by atoms with van der Waals surface area (Å²) in [6, 6.07) is 7.51. The topological polar surface area (TPSA) is 43.8 Å². The molecule has 2 rings (SSSR count). The molecule has 18 heavy (non-hydrogen) atoms. The fourth-order valence-corrected chi connectivity index (χ4v) is 2.27. The maximum atomic E-state index is 6.14. The molecule has 1 heterocycles. The monoisotopic (exact) mass is 279 g/mol. The van der Waals surface area contributed by atoms with Crippen LogP contribution in [-0.4, -0.2) is 14.8 Å². The third-order valence-electron chi connectivity index (χ3n) is 2.69. The predicted octanol–water partition coefficient (Wildman–Crippen LogP) is 3.28. The van der Waals surface area contributed by atoms with Crippen LogP contribution in [0.2, 0.25) is 5.02 Å². The van der Waals surface area contributed by atoms with E-state index >= 15 is 0 Å². The highest BCUT2D eigenvalue weighted by molar-refractivity contribution is 7.80. The van der Waals surface area contributed by atoms with Gasteiger partial charge in [-0.3, -0.25) is 0 Å². The lowest BCUT2D eigenvalue weighted by Gasteiger charge is -2.10. The lowest BCUT2D eigenvalue weighted by molar-refractivity contribution is 0.768. The molecule has 0 fully saturated rings. The van der Waals surface area contributed by atoms with E-state index in [0.29, 0.717) is 16.5 Å². The highest BCUT2D eigenvalue weighted by Gasteiger charge is 2.13. The Bertz CT molecular complexity index is 590. The van der Waals surface area contributed by atoms with Gasteiger partial charge in [0, 0.05) is 6.20 Å². The number of nitrogens with zero attached hydrogens (tertiary/aromatic N) is 2. The van der Waals surface area contributed by atoms with Crippen LogP contribution < -0.4 is 5.73 Å². The molecule has 0 aliphatic heterocycles. The average molecular weight is 280 g/mol. The molecule has 0 aliphatic rings. The van der Waals surface area contributed by atoms with E-state index in [1.54, 1.807) is 10.7 Å². The summed E-state index contributed by atoms with van der Waals surface area (Å²) >= 11 is 11.2. The van der Waals surface area contributed by atoms with Crippen LogP contribution in [0.5, 0.6) is 0 Å². The van der Waals surface area contributed by atoms with Crippen molar-refractivity contribution in [2.24, 2.45) is 5.73 Å². The van der Waals surface area contributed by atoms with E-state index in [9.17, 15) is 0 Å². The zero-order valence-corrected chi connectivity index (χ0v) is 11.8. The molecule has 0 aliphatic carbocycles. The summed E-state index contributed by atoms with van der Waals surface area (Å²) in [6.07, 6.45) is 1.89. The number of aromatic nitrogens is 2. The number of hydrogen-bond donors (Lipinski definition) is 1. The van der Waals surface area contributed by atoms with Gasteiger partial charge in [0.15, 0.2) is 0 Å². The van der Waals surface area contributed by atoms with Gasteiger partial charge in [-0.05, 0) is 24.1 Å². The van der Waals surface area contributed by atoms with E-state index in [-0.39, 0.29) is 4.99 Å². The van der Waals surface area contributed by atoms with Crippen LogP contribution in [0.25, 0.3) is 5.69 Å². The second-order valence-electron chi connectivity index (χ2n) is 4.34. The summed E-state index contributed by atoms with van der Waals surface area (Å²) in [6.45, 7) is 4.19. The van der Waals surface area contributed by atoms with Gasteiger partial charge in [0.2, 0.25) is 0 Å². The minimum absolute atomic E-state index is 0.275. The number of rotatable bonds is 3. The Morgan fingerprint density at radius 1 is 1.39 bits per heavy atom. The van der Waals surface area contributed by atoms with E-state index < -0.39 is 0 Å². The standard InChI is InChI=1S/C13H14ClN3S/c1-8(2)10-6-7-17(16-10)11-5-3-4-9(14)12(11)13(15)18/h3-8H,1-2H3,(H2,15,18). The highest BCUT2D eigenvalue weighted by atomic mass is 35.5. The van der Waals surface area contributed by atoms with Crippen molar-refractivity contribution in [2.75, 3.05) is 0 Å². The quantitative estimate of drug-likeness (QED) is 0.877. The zero-order chi connectivity index (χ0) is 13.3. The molecule has 0 atom stereocenters.